The number of aliphatic imine (C=N–C) groups is 1. The number of rotatable bonds is 8. The number of ether oxygens (including phenoxy) is 1. The van der Waals surface area contributed by atoms with Gasteiger partial charge < -0.3 is 24.8 Å². The van der Waals surface area contributed by atoms with Gasteiger partial charge in [0.2, 0.25) is 0 Å². The third kappa shape index (κ3) is 8.30. The molecule has 0 bridgehead atoms. The SMILES string of the molecule is CN=C(NCc1cccc(OCC(=O)N(C)C)c1)NCc1cc(C(C)C)no1.I. The second-order valence-corrected chi connectivity index (χ2v) is 6.88. The van der Waals surface area contributed by atoms with E-state index in [1.165, 1.54) is 4.90 Å². The Bertz CT molecular complexity index is 805. The van der Waals surface area contributed by atoms with Gasteiger partial charge in [0, 0.05) is 33.8 Å². The molecular formula is C20H30IN5O3. The molecule has 2 N–H and O–H groups in total. The van der Waals surface area contributed by atoms with Crippen molar-refractivity contribution in [2.45, 2.75) is 32.9 Å². The topological polar surface area (TPSA) is 92.0 Å². The summed E-state index contributed by atoms with van der Waals surface area (Å²) in [4.78, 5) is 17.3. The number of hydrogen-bond acceptors (Lipinski definition) is 5. The van der Waals surface area contributed by atoms with Crippen LogP contribution in [0.4, 0.5) is 0 Å². The second-order valence-electron chi connectivity index (χ2n) is 6.88. The fourth-order valence-corrected chi connectivity index (χ4v) is 2.28. The number of hydrogen-bond donors (Lipinski definition) is 2. The van der Waals surface area contributed by atoms with E-state index in [1.807, 2.05) is 30.3 Å². The molecule has 0 radical (unpaired) electrons. The van der Waals surface area contributed by atoms with Crippen molar-refractivity contribution in [1.82, 2.24) is 20.7 Å². The summed E-state index contributed by atoms with van der Waals surface area (Å²) in [5.74, 6) is 2.31. The van der Waals surface area contributed by atoms with Crippen LogP contribution < -0.4 is 15.4 Å². The summed E-state index contributed by atoms with van der Waals surface area (Å²) in [6, 6.07) is 9.54. The number of amides is 1. The second kappa shape index (κ2) is 12.3. The van der Waals surface area contributed by atoms with E-state index < -0.39 is 0 Å². The van der Waals surface area contributed by atoms with Gasteiger partial charge in [0.15, 0.2) is 18.3 Å². The number of carbonyl (C=O) groups is 1. The zero-order valence-electron chi connectivity index (χ0n) is 17.6. The Morgan fingerprint density at radius 2 is 1.97 bits per heavy atom. The van der Waals surface area contributed by atoms with E-state index in [2.05, 4.69) is 34.6 Å². The van der Waals surface area contributed by atoms with Gasteiger partial charge in [-0.1, -0.05) is 31.1 Å². The predicted octanol–water partition coefficient (Wildman–Crippen LogP) is 2.75. The molecule has 1 aromatic heterocycles. The molecule has 0 aliphatic heterocycles. The van der Waals surface area contributed by atoms with Crippen LogP contribution in [0.3, 0.4) is 0 Å². The van der Waals surface area contributed by atoms with Gasteiger partial charge in [0.25, 0.3) is 5.91 Å². The average molecular weight is 515 g/mol. The standard InChI is InChI=1S/C20H29N5O3.HI/c1-14(2)18-10-17(28-24-18)12-23-20(21-3)22-11-15-7-6-8-16(9-15)27-13-19(26)25(4)5;/h6-10,14H,11-13H2,1-5H3,(H2,21,22,23);1H. The summed E-state index contributed by atoms with van der Waals surface area (Å²) in [5, 5.41) is 10.5. The highest BCUT2D eigenvalue weighted by Crippen LogP contribution is 2.14. The first kappa shape index (κ1) is 24.7. The Kier molecular flexibility index (Phi) is 10.5. The summed E-state index contributed by atoms with van der Waals surface area (Å²) in [7, 11) is 5.11. The fourth-order valence-electron chi connectivity index (χ4n) is 2.28. The molecule has 0 saturated carbocycles. The largest absolute Gasteiger partial charge is 0.484 e. The van der Waals surface area contributed by atoms with Crippen molar-refractivity contribution >= 4 is 35.8 Å². The number of carbonyl (C=O) groups excluding carboxylic acids is 1. The van der Waals surface area contributed by atoms with Gasteiger partial charge in [0.1, 0.15) is 5.75 Å². The quantitative estimate of drug-likeness (QED) is 0.319. The van der Waals surface area contributed by atoms with Crippen LogP contribution in [0.2, 0.25) is 0 Å². The minimum absolute atomic E-state index is 0. The van der Waals surface area contributed by atoms with E-state index in [1.54, 1.807) is 21.1 Å². The van der Waals surface area contributed by atoms with E-state index in [-0.39, 0.29) is 36.5 Å². The van der Waals surface area contributed by atoms with E-state index in [9.17, 15) is 4.79 Å². The summed E-state index contributed by atoms with van der Waals surface area (Å²) in [5.41, 5.74) is 1.95. The van der Waals surface area contributed by atoms with Gasteiger partial charge in [-0.05, 0) is 23.6 Å². The number of benzene rings is 1. The lowest BCUT2D eigenvalue weighted by Crippen LogP contribution is -2.36. The maximum atomic E-state index is 11.6. The van der Waals surface area contributed by atoms with Crippen molar-refractivity contribution in [2.75, 3.05) is 27.7 Å². The highest BCUT2D eigenvalue weighted by atomic mass is 127. The minimum Gasteiger partial charge on any atom is -0.484 e. The summed E-state index contributed by atoms with van der Waals surface area (Å²) in [6.45, 7) is 5.22. The average Bonchev–Trinajstić information content (AvgIpc) is 3.16. The molecule has 1 amide bonds. The fraction of sp³-hybridized carbons (Fsp3) is 0.450. The highest BCUT2D eigenvalue weighted by molar-refractivity contribution is 14.0. The molecule has 0 aliphatic rings. The number of likely N-dealkylation sites (N-methyl/N-ethyl adjacent to an activating group) is 1. The highest BCUT2D eigenvalue weighted by Gasteiger charge is 2.09. The van der Waals surface area contributed by atoms with E-state index in [0.717, 1.165) is 17.0 Å². The molecule has 1 heterocycles. The van der Waals surface area contributed by atoms with E-state index in [0.29, 0.717) is 30.7 Å². The molecule has 8 nitrogen and oxygen atoms in total. The molecule has 0 aliphatic carbocycles. The van der Waals surface area contributed by atoms with Crippen LogP contribution in [-0.4, -0.2) is 49.7 Å². The van der Waals surface area contributed by atoms with Crippen LogP contribution >= 0.6 is 24.0 Å². The third-order valence-electron chi connectivity index (χ3n) is 4.04. The van der Waals surface area contributed by atoms with Crippen LogP contribution in [0, 0.1) is 0 Å². The van der Waals surface area contributed by atoms with Crippen LogP contribution in [0.1, 0.15) is 36.8 Å². The molecule has 160 valence electrons. The first-order valence-corrected chi connectivity index (χ1v) is 9.21. The third-order valence-corrected chi connectivity index (χ3v) is 4.04. The molecule has 2 rings (SSSR count). The Morgan fingerprint density at radius 3 is 2.59 bits per heavy atom. The number of guanidine groups is 1. The molecular weight excluding hydrogens is 485 g/mol. The molecule has 0 fully saturated rings. The van der Waals surface area contributed by atoms with Crippen molar-refractivity contribution in [1.29, 1.82) is 0 Å². The monoisotopic (exact) mass is 515 g/mol. The van der Waals surface area contributed by atoms with Crippen molar-refractivity contribution in [3.8, 4) is 5.75 Å². The Hall–Kier alpha value is -2.30. The van der Waals surface area contributed by atoms with Crippen LogP contribution in [0.25, 0.3) is 0 Å². The summed E-state index contributed by atoms with van der Waals surface area (Å²) in [6.07, 6.45) is 0. The van der Waals surface area contributed by atoms with E-state index in [4.69, 9.17) is 9.26 Å². The van der Waals surface area contributed by atoms with Crippen LogP contribution in [0.5, 0.6) is 5.75 Å². The first-order valence-electron chi connectivity index (χ1n) is 9.21. The zero-order valence-corrected chi connectivity index (χ0v) is 19.9. The van der Waals surface area contributed by atoms with Crippen LogP contribution in [0.15, 0.2) is 39.8 Å². The van der Waals surface area contributed by atoms with Crippen molar-refractivity contribution in [3.63, 3.8) is 0 Å². The molecule has 0 spiro atoms. The molecule has 1 aromatic carbocycles. The van der Waals surface area contributed by atoms with Gasteiger partial charge in [-0.2, -0.15) is 0 Å². The minimum atomic E-state index is -0.0822. The summed E-state index contributed by atoms with van der Waals surface area (Å²) >= 11 is 0. The van der Waals surface area contributed by atoms with E-state index >= 15 is 0 Å². The Balaban J connectivity index is 0.00000420. The lowest BCUT2D eigenvalue weighted by Gasteiger charge is -2.13. The zero-order chi connectivity index (χ0) is 20.5. The van der Waals surface area contributed by atoms with Crippen LogP contribution in [-0.2, 0) is 17.9 Å². The molecule has 0 unspecified atom stereocenters. The normalized spacial score (nSPS) is 11.0. The van der Waals surface area contributed by atoms with Gasteiger partial charge in [0.05, 0.1) is 12.2 Å². The predicted molar refractivity (Wildman–Crippen MR) is 124 cm³/mol. The Labute approximate surface area is 189 Å². The number of aromatic nitrogens is 1. The van der Waals surface area contributed by atoms with Gasteiger partial charge in [-0.25, -0.2) is 0 Å². The summed E-state index contributed by atoms with van der Waals surface area (Å²) < 4.78 is 10.9. The van der Waals surface area contributed by atoms with Crippen molar-refractivity contribution in [2.24, 2.45) is 4.99 Å². The Morgan fingerprint density at radius 1 is 1.24 bits per heavy atom. The number of nitrogens with one attached hydrogen (secondary N) is 2. The maximum absolute atomic E-state index is 11.6. The molecule has 2 aromatic rings. The van der Waals surface area contributed by atoms with Gasteiger partial charge >= 0.3 is 0 Å². The number of nitrogens with zero attached hydrogens (tertiary/aromatic N) is 3. The number of halogens is 1. The lowest BCUT2D eigenvalue weighted by atomic mass is 10.1. The molecule has 0 atom stereocenters. The van der Waals surface area contributed by atoms with Crippen molar-refractivity contribution in [3.05, 3.63) is 47.3 Å². The molecule has 0 saturated heterocycles. The maximum Gasteiger partial charge on any atom is 0.259 e. The first-order chi connectivity index (χ1) is 13.4. The van der Waals surface area contributed by atoms with Crippen molar-refractivity contribution < 1.29 is 14.1 Å². The lowest BCUT2D eigenvalue weighted by molar-refractivity contribution is -0.130. The molecule has 29 heavy (non-hydrogen) atoms. The van der Waals surface area contributed by atoms with Gasteiger partial charge in [-0.3, -0.25) is 9.79 Å². The molecule has 9 heteroatoms. The smallest absolute Gasteiger partial charge is 0.259 e. The van der Waals surface area contributed by atoms with Gasteiger partial charge in [-0.15, -0.1) is 24.0 Å².